The molecule has 1 heterocycles. The van der Waals surface area contributed by atoms with Gasteiger partial charge in [0.05, 0.1) is 7.11 Å². The number of hydrogen-bond donors (Lipinski definition) is 2. The normalized spacial score (nSPS) is 21.5. The molecule has 0 radical (unpaired) electrons. The fourth-order valence-corrected chi connectivity index (χ4v) is 2.19. The van der Waals surface area contributed by atoms with Crippen LogP contribution >= 0.6 is 0 Å². The molecule has 1 amide bonds. The standard InChI is InChI=1S/C14H17NO5/c1-8-7-9(3-4-10(8)19-2)15-13(16)11-5-6-12(20-11)14(17)18/h3-4,7,11-12H,5-6H2,1-2H3,(H,15,16)(H,17,18). The lowest BCUT2D eigenvalue weighted by Gasteiger charge is -2.13. The summed E-state index contributed by atoms with van der Waals surface area (Å²) < 4.78 is 10.3. The molecule has 1 aliphatic rings. The molecule has 1 aliphatic heterocycles. The van der Waals surface area contributed by atoms with Crippen LogP contribution in [0.25, 0.3) is 0 Å². The summed E-state index contributed by atoms with van der Waals surface area (Å²) in [7, 11) is 1.58. The van der Waals surface area contributed by atoms with E-state index in [-0.39, 0.29) is 5.91 Å². The predicted octanol–water partition coefficient (Wildman–Crippen LogP) is 1.57. The van der Waals surface area contributed by atoms with Gasteiger partial charge in [-0.1, -0.05) is 0 Å². The van der Waals surface area contributed by atoms with Gasteiger partial charge in [0.15, 0.2) is 6.10 Å². The van der Waals surface area contributed by atoms with E-state index in [0.29, 0.717) is 18.5 Å². The highest BCUT2D eigenvalue weighted by Gasteiger charge is 2.34. The molecule has 0 aliphatic carbocycles. The first kappa shape index (κ1) is 14.3. The van der Waals surface area contributed by atoms with Crippen LogP contribution in [0.4, 0.5) is 5.69 Å². The number of carboxylic acid groups (broad SMARTS) is 1. The van der Waals surface area contributed by atoms with E-state index < -0.39 is 18.2 Å². The van der Waals surface area contributed by atoms with Crippen molar-refractivity contribution < 1.29 is 24.2 Å². The van der Waals surface area contributed by atoms with Crippen LogP contribution in [0.2, 0.25) is 0 Å². The Morgan fingerprint density at radius 3 is 2.60 bits per heavy atom. The van der Waals surface area contributed by atoms with Crippen molar-refractivity contribution in [2.75, 3.05) is 12.4 Å². The molecule has 2 rings (SSSR count). The van der Waals surface area contributed by atoms with Crippen LogP contribution < -0.4 is 10.1 Å². The Morgan fingerprint density at radius 2 is 2.05 bits per heavy atom. The Balaban J connectivity index is 1.98. The Morgan fingerprint density at radius 1 is 1.35 bits per heavy atom. The Labute approximate surface area is 116 Å². The molecule has 2 unspecified atom stereocenters. The summed E-state index contributed by atoms with van der Waals surface area (Å²) in [6.45, 7) is 1.88. The molecule has 0 spiro atoms. The third-order valence-electron chi connectivity index (χ3n) is 3.25. The van der Waals surface area contributed by atoms with Gasteiger partial charge in [0.2, 0.25) is 0 Å². The Kier molecular flexibility index (Phi) is 4.24. The first-order valence-electron chi connectivity index (χ1n) is 6.35. The molecule has 1 aromatic carbocycles. The minimum Gasteiger partial charge on any atom is -0.496 e. The van der Waals surface area contributed by atoms with Gasteiger partial charge in [-0.3, -0.25) is 4.79 Å². The molecule has 0 aromatic heterocycles. The first-order valence-corrected chi connectivity index (χ1v) is 6.35. The number of methoxy groups -OCH3 is 1. The van der Waals surface area contributed by atoms with E-state index in [0.717, 1.165) is 11.3 Å². The van der Waals surface area contributed by atoms with E-state index >= 15 is 0 Å². The van der Waals surface area contributed by atoms with E-state index in [2.05, 4.69) is 5.32 Å². The number of carbonyl (C=O) groups is 2. The fourth-order valence-electron chi connectivity index (χ4n) is 2.19. The summed E-state index contributed by atoms with van der Waals surface area (Å²) in [4.78, 5) is 22.8. The molecule has 108 valence electrons. The Bertz CT molecular complexity index is 528. The topological polar surface area (TPSA) is 84.9 Å². The van der Waals surface area contributed by atoms with Gasteiger partial charge >= 0.3 is 5.97 Å². The second-order valence-corrected chi connectivity index (χ2v) is 4.70. The number of amides is 1. The summed E-state index contributed by atoms with van der Waals surface area (Å²) in [5, 5.41) is 11.5. The minimum atomic E-state index is -1.03. The average molecular weight is 279 g/mol. The van der Waals surface area contributed by atoms with Crippen LogP contribution in [0.15, 0.2) is 18.2 Å². The molecule has 2 atom stereocenters. The van der Waals surface area contributed by atoms with Crippen LogP contribution in [0.3, 0.4) is 0 Å². The summed E-state index contributed by atoms with van der Waals surface area (Å²) in [5.41, 5.74) is 1.54. The zero-order valence-electron chi connectivity index (χ0n) is 11.4. The van der Waals surface area contributed by atoms with Crippen molar-refractivity contribution in [3.8, 4) is 5.75 Å². The fraction of sp³-hybridized carbons (Fsp3) is 0.429. The van der Waals surface area contributed by atoms with Crippen molar-refractivity contribution >= 4 is 17.6 Å². The number of carbonyl (C=O) groups excluding carboxylic acids is 1. The molecule has 20 heavy (non-hydrogen) atoms. The van der Waals surface area contributed by atoms with Crippen LogP contribution in [0.5, 0.6) is 5.75 Å². The van der Waals surface area contributed by atoms with Gasteiger partial charge in [0.25, 0.3) is 5.91 Å². The van der Waals surface area contributed by atoms with Crippen molar-refractivity contribution in [1.29, 1.82) is 0 Å². The lowest BCUT2D eigenvalue weighted by Crippen LogP contribution is -2.29. The lowest BCUT2D eigenvalue weighted by atomic mass is 10.1. The maximum absolute atomic E-state index is 12.0. The van der Waals surface area contributed by atoms with E-state index in [1.807, 2.05) is 6.92 Å². The number of rotatable bonds is 4. The number of anilines is 1. The van der Waals surface area contributed by atoms with Crippen LogP contribution in [-0.2, 0) is 14.3 Å². The quantitative estimate of drug-likeness (QED) is 0.874. The molecule has 1 saturated heterocycles. The maximum Gasteiger partial charge on any atom is 0.332 e. The van der Waals surface area contributed by atoms with Gasteiger partial charge in [-0.2, -0.15) is 0 Å². The zero-order valence-corrected chi connectivity index (χ0v) is 11.4. The summed E-state index contributed by atoms with van der Waals surface area (Å²) >= 11 is 0. The molecule has 6 nitrogen and oxygen atoms in total. The molecule has 1 aromatic rings. The van der Waals surface area contributed by atoms with E-state index in [4.69, 9.17) is 14.6 Å². The molecular weight excluding hydrogens is 262 g/mol. The zero-order chi connectivity index (χ0) is 14.7. The SMILES string of the molecule is COc1ccc(NC(=O)C2CCC(C(=O)O)O2)cc1C. The highest BCUT2D eigenvalue weighted by atomic mass is 16.5. The van der Waals surface area contributed by atoms with Gasteiger partial charge in [-0.05, 0) is 43.5 Å². The summed E-state index contributed by atoms with van der Waals surface area (Å²) in [5.74, 6) is -0.607. The third kappa shape index (κ3) is 3.08. The highest BCUT2D eigenvalue weighted by Crippen LogP contribution is 2.24. The molecular formula is C14H17NO5. The van der Waals surface area contributed by atoms with Gasteiger partial charge in [-0.15, -0.1) is 0 Å². The first-order chi connectivity index (χ1) is 9.51. The predicted molar refractivity (Wildman–Crippen MR) is 71.9 cm³/mol. The third-order valence-corrected chi connectivity index (χ3v) is 3.25. The smallest absolute Gasteiger partial charge is 0.332 e. The van der Waals surface area contributed by atoms with Crippen LogP contribution in [0.1, 0.15) is 18.4 Å². The molecule has 0 bridgehead atoms. The molecule has 6 heteroatoms. The van der Waals surface area contributed by atoms with Gasteiger partial charge in [-0.25, -0.2) is 4.79 Å². The van der Waals surface area contributed by atoms with Crippen molar-refractivity contribution in [2.45, 2.75) is 32.0 Å². The highest BCUT2D eigenvalue weighted by molar-refractivity contribution is 5.94. The van der Waals surface area contributed by atoms with Crippen molar-refractivity contribution in [1.82, 2.24) is 0 Å². The number of carboxylic acids is 1. The molecule has 0 saturated carbocycles. The van der Waals surface area contributed by atoms with Gasteiger partial charge < -0.3 is 19.9 Å². The molecule has 2 N–H and O–H groups in total. The van der Waals surface area contributed by atoms with Crippen molar-refractivity contribution in [2.24, 2.45) is 0 Å². The molecule has 1 fully saturated rings. The summed E-state index contributed by atoms with van der Waals surface area (Å²) in [6.07, 6.45) is -0.825. The summed E-state index contributed by atoms with van der Waals surface area (Å²) in [6, 6.07) is 5.29. The second kappa shape index (κ2) is 5.92. The number of aryl methyl sites for hydroxylation is 1. The van der Waals surface area contributed by atoms with Crippen molar-refractivity contribution in [3.63, 3.8) is 0 Å². The lowest BCUT2D eigenvalue weighted by molar-refractivity contribution is -0.150. The minimum absolute atomic E-state index is 0.321. The number of benzene rings is 1. The number of aliphatic carboxylic acids is 1. The second-order valence-electron chi connectivity index (χ2n) is 4.70. The maximum atomic E-state index is 12.0. The number of nitrogens with one attached hydrogen (secondary N) is 1. The van der Waals surface area contributed by atoms with E-state index in [1.54, 1.807) is 25.3 Å². The average Bonchev–Trinajstić information content (AvgIpc) is 2.88. The largest absolute Gasteiger partial charge is 0.496 e. The van der Waals surface area contributed by atoms with Gasteiger partial charge in [0.1, 0.15) is 11.9 Å². The number of ether oxygens (including phenoxy) is 2. The van der Waals surface area contributed by atoms with E-state index in [1.165, 1.54) is 0 Å². The Hall–Kier alpha value is -2.08. The monoisotopic (exact) mass is 279 g/mol. The van der Waals surface area contributed by atoms with Crippen LogP contribution in [0, 0.1) is 6.92 Å². The van der Waals surface area contributed by atoms with Gasteiger partial charge in [0, 0.05) is 5.69 Å². The van der Waals surface area contributed by atoms with Crippen molar-refractivity contribution in [3.05, 3.63) is 23.8 Å². The van der Waals surface area contributed by atoms with E-state index in [9.17, 15) is 9.59 Å². The number of hydrogen-bond acceptors (Lipinski definition) is 4. The van der Waals surface area contributed by atoms with Crippen LogP contribution in [-0.4, -0.2) is 36.3 Å².